The van der Waals surface area contributed by atoms with Crippen molar-refractivity contribution in [3.8, 4) is 5.75 Å². The van der Waals surface area contributed by atoms with Crippen LogP contribution in [0.2, 0.25) is 5.02 Å². The van der Waals surface area contributed by atoms with Crippen LogP contribution in [0.25, 0.3) is 0 Å². The number of carbonyl (C=O) groups excluding carboxylic acids is 1. The van der Waals surface area contributed by atoms with Crippen molar-refractivity contribution in [3.05, 3.63) is 28.8 Å². The Labute approximate surface area is 140 Å². The Morgan fingerprint density at radius 2 is 1.91 bits per heavy atom. The average molecular weight is 356 g/mol. The summed E-state index contributed by atoms with van der Waals surface area (Å²) in [7, 11) is -3.15. The van der Waals surface area contributed by atoms with Crippen LogP contribution in [0.4, 0.5) is 0 Å². The van der Waals surface area contributed by atoms with Crippen LogP contribution in [0.1, 0.15) is 42.5 Å². The van der Waals surface area contributed by atoms with Crippen molar-refractivity contribution < 1.29 is 17.9 Å². The summed E-state index contributed by atoms with van der Waals surface area (Å²) in [6.07, 6.45) is 2.93. The maximum Gasteiger partial charge on any atom is 0.216 e. The number of carbonyl (C=O) groups is 1. The molecule has 0 unspecified atom stereocenters. The van der Waals surface area contributed by atoms with Gasteiger partial charge in [0.1, 0.15) is 11.4 Å². The second-order valence-electron chi connectivity index (χ2n) is 6.67. The normalized spacial score (nSPS) is 24.3. The molecule has 1 aliphatic carbocycles. The van der Waals surface area contributed by atoms with Crippen molar-refractivity contribution in [1.82, 2.24) is 4.31 Å². The first-order chi connectivity index (χ1) is 10.9. The fourth-order valence-corrected chi connectivity index (χ4v) is 5.49. The van der Waals surface area contributed by atoms with Crippen molar-refractivity contribution in [2.75, 3.05) is 13.1 Å². The quantitative estimate of drug-likeness (QED) is 0.818. The van der Waals surface area contributed by atoms with Gasteiger partial charge in [0.05, 0.1) is 17.2 Å². The van der Waals surface area contributed by atoms with Crippen LogP contribution in [0.15, 0.2) is 18.2 Å². The zero-order valence-corrected chi connectivity index (χ0v) is 14.2. The summed E-state index contributed by atoms with van der Waals surface area (Å²) >= 11 is 5.94. The summed E-state index contributed by atoms with van der Waals surface area (Å²) in [5.74, 6) is 0.580. The number of Topliss-reactive ketones (excluding diaryl/α,β-unsaturated/α-hetero) is 1. The molecule has 2 heterocycles. The Morgan fingerprint density at radius 3 is 2.57 bits per heavy atom. The van der Waals surface area contributed by atoms with Crippen molar-refractivity contribution in [3.63, 3.8) is 0 Å². The predicted octanol–water partition coefficient (Wildman–Crippen LogP) is 2.63. The highest BCUT2D eigenvalue weighted by atomic mass is 35.5. The van der Waals surface area contributed by atoms with Crippen molar-refractivity contribution in [2.24, 2.45) is 0 Å². The third kappa shape index (κ3) is 2.66. The number of hydrogen-bond acceptors (Lipinski definition) is 4. The van der Waals surface area contributed by atoms with Gasteiger partial charge in [-0.1, -0.05) is 11.6 Å². The lowest BCUT2D eigenvalue weighted by atomic mass is 9.83. The molecular weight excluding hydrogens is 338 g/mol. The number of nitrogens with zero attached hydrogens (tertiary/aromatic N) is 1. The van der Waals surface area contributed by atoms with E-state index in [1.54, 1.807) is 22.5 Å². The third-order valence-corrected chi connectivity index (χ3v) is 7.62. The highest BCUT2D eigenvalue weighted by molar-refractivity contribution is 7.90. The first-order valence-corrected chi connectivity index (χ1v) is 9.79. The molecule has 0 amide bonds. The van der Waals surface area contributed by atoms with Gasteiger partial charge in [0.25, 0.3) is 0 Å². The molecule has 2 aliphatic heterocycles. The Hall–Kier alpha value is -1.11. The Kier molecular flexibility index (Phi) is 3.48. The van der Waals surface area contributed by atoms with Crippen LogP contribution in [-0.4, -0.2) is 42.4 Å². The van der Waals surface area contributed by atoms with Gasteiger partial charge in [-0.15, -0.1) is 0 Å². The van der Waals surface area contributed by atoms with E-state index in [4.69, 9.17) is 16.3 Å². The molecule has 5 nitrogen and oxygen atoms in total. The molecule has 0 bridgehead atoms. The van der Waals surface area contributed by atoms with Crippen LogP contribution in [0, 0.1) is 0 Å². The predicted molar refractivity (Wildman–Crippen MR) is 86.5 cm³/mol. The van der Waals surface area contributed by atoms with Gasteiger partial charge in [-0.05, 0) is 31.0 Å². The highest BCUT2D eigenvalue weighted by Gasteiger charge is 2.47. The van der Waals surface area contributed by atoms with Crippen LogP contribution in [0.3, 0.4) is 0 Å². The summed E-state index contributed by atoms with van der Waals surface area (Å²) in [4.78, 5) is 12.4. The lowest BCUT2D eigenvalue weighted by Gasteiger charge is -2.43. The minimum atomic E-state index is -3.15. The van der Waals surface area contributed by atoms with Crippen LogP contribution in [-0.2, 0) is 10.0 Å². The van der Waals surface area contributed by atoms with E-state index in [2.05, 4.69) is 0 Å². The van der Waals surface area contributed by atoms with E-state index in [9.17, 15) is 13.2 Å². The molecule has 1 spiro atoms. The maximum atomic E-state index is 12.4. The Balaban J connectivity index is 1.53. The molecule has 1 saturated heterocycles. The number of fused-ring (bicyclic) bond motifs is 1. The molecule has 7 heteroatoms. The summed E-state index contributed by atoms with van der Waals surface area (Å²) in [6.45, 7) is 0.851. The number of ketones is 1. The van der Waals surface area contributed by atoms with E-state index in [1.807, 2.05) is 0 Å². The Bertz CT molecular complexity index is 764. The lowest BCUT2D eigenvalue weighted by molar-refractivity contribution is 0.00589. The number of piperidine rings is 1. The van der Waals surface area contributed by atoms with Gasteiger partial charge in [0.15, 0.2) is 5.78 Å². The van der Waals surface area contributed by atoms with Gasteiger partial charge in [-0.25, -0.2) is 12.7 Å². The van der Waals surface area contributed by atoms with Gasteiger partial charge in [0, 0.05) is 31.0 Å². The van der Waals surface area contributed by atoms with E-state index in [1.165, 1.54) is 0 Å². The largest absolute Gasteiger partial charge is 0.486 e. The van der Waals surface area contributed by atoms with Crippen molar-refractivity contribution in [1.29, 1.82) is 0 Å². The first kappa shape index (κ1) is 15.4. The number of ether oxygens (including phenoxy) is 1. The smallest absolute Gasteiger partial charge is 0.216 e. The van der Waals surface area contributed by atoms with E-state index in [-0.39, 0.29) is 17.5 Å². The second kappa shape index (κ2) is 5.19. The molecule has 0 radical (unpaired) electrons. The van der Waals surface area contributed by atoms with Gasteiger partial charge >= 0.3 is 0 Å². The number of rotatable bonds is 2. The van der Waals surface area contributed by atoms with Crippen LogP contribution in [0.5, 0.6) is 5.75 Å². The standard InChI is InChI=1S/C16H18ClNO4S/c17-11-1-4-15-13(9-11)14(19)10-16(22-15)5-7-18(8-6-16)23(20,21)12-2-3-12/h1,4,9,12H,2-3,5-8,10H2. The van der Waals surface area contributed by atoms with E-state index < -0.39 is 15.6 Å². The molecule has 124 valence electrons. The van der Waals surface area contributed by atoms with Gasteiger partial charge in [0.2, 0.25) is 10.0 Å². The molecule has 1 saturated carbocycles. The fourth-order valence-electron chi connectivity index (χ4n) is 3.47. The molecule has 0 N–H and O–H groups in total. The average Bonchev–Trinajstić information content (AvgIpc) is 3.34. The SMILES string of the molecule is O=C1CC2(CCN(S(=O)(=O)C3CC3)CC2)Oc2ccc(Cl)cc21. The maximum absolute atomic E-state index is 12.4. The van der Waals surface area contributed by atoms with E-state index in [0.29, 0.717) is 42.3 Å². The molecule has 3 aliphatic rings. The molecule has 23 heavy (non-hydrogen) atoms. The Morgan fingerprint density at radius 1 is 1.22 bits per heavy atom. The van der Waals surface area contributed by atoms with E-state index >= 15 is 0 Å². The minimum absolute atomic E-state index is 0.0206. The third-order valence-electron chi connectivity index (χ3n) is 4.99. The fraction of sp³-hybridized carbons (Fsp3) is 0.562. The number of benzene rings is 1. The highest BCUT2D eigenvalue weighted by Crippen LogP contribution is 2.41. The van der Waals surface area contributed by atoms with Crippen molar-refractivity contribution >= 4 is 27.4 Å². The van der Waals surface area contributed by atoms with Gasteiger partial charge < -0.3 is 4.74 Å². The second-order valence-corrected chi connectivity index (χ2v) is 9.32. The molecule has 1 aromatic carbocycles. The van der Waals surface area contributed by atoms with E-state index in [0.717, 1.165) is 12.8 Å². The first-order valence-electron chi connectivity index (χ1n) is 7.90. The summed E-state index contributed by atoms with van der Waals surface area (Å²) in [5.41, 5.74) is -0.0517. The summed E-state index contributed by atoms with van der Waals surface area (Å²) in [5, 5.41) is 0.329. The number of halogens is 1. The minimum Gasteiger partial charge on any atom is -0.486 e. The van der Waals surface area contributed by atoms with Gasteiger partial charge in [-0.3, -0.25) is 4.79 Å². The van der Waals surface area contributed by atoms with Crippen molar-refractivity contribution in [2.45, 2.75) is 43.0 Å². The summed E-state index contributed by atoms with van der Waals surface area (Å²) in [6, 6.07) is 5.07. The molecule has 0 atom stereocenters. The number of hydrogen-bond donors (Lipinski definition) is 0. The molecule has 1 aromatic rings. The van der Waals surface area contributed by atoms with Crippen LogP contribution < -0.4 is 4.74 Å². The van der Waals surface area contributed by atoms with Crippen LogP contribution >= 0.6 is 11.6 Å². The molecule has 2 fully saturated rings. The molecule has 4 rings (SSSR count). The zero-order valence-electron chi connectivity index (χ0n) is 12.6. The molecule has 0 aromatic heterocycles. The summed E-state index contributed by atoms with van der Waals surface area (Å²) < 4.78 is 32.3. The lowest BCUT2D eigenvalue weighted by Crippen LogP contribution is -2.52. The topological polar surface area (TPSA) is 63.7 Å². The van der Waals surface area contributed by atoms with Gasteiger partial charge in [-0.2, -0.15) is 0 Å². The molecular formula is C16H18ClNO4S. The zero-order chi connectivity index (χ0) is 16.2. The number of sulfonamides is 1. The monoisotopic (exact) mass is 355 g/mol.